The summed E-state index contributed by atoms with van der Waals surface area (Å²) in [5.74, 6) is 0.541. The summed E-state index contributed by atoms with van der Waals surface area (Å²) >= 11 is 0. The van der Waals surface area contributed by atoms with E-state index in [9.17, 15) is 8.78 Å². The van der Waals surface area contributed by atoms with Crippen LogP contribution >= 0.6 is 0 Å². The number of hydrogen-bond donors (Lipinski definition) is 1. The van der Waals surface area contributed by atoms with Crippen LogP contribution in [0.2, 0.25) is 0 Å². The standard InChI is InChI=1S/C14H21F2NO/c1-4-11(9-17-10(2)3)12-6-5-7-13(8-12)18-14(15)16/h5-8,10-11,14,17H,4,9H2,1-3H3. The van der Waals surface area contributed by atoms with Crippen LogP contribution in [0.3, 0.4) is 0 Å². The van der Waals surface area contributed by atoms with Crippen LogP contribution in [0.4, 0.5) is 8.78 Å². The molecule has 0 fully saturated rings. The third-order valence-corrected chi connectivity index (χ3v) is 2.82. The Labute approximate surface area is 107 Å². The summed E-state index contributed by atoms with van der Waals surface area (Å²) in [7, 11) is 0. The lowest BCUT2D eigenvalue weighted by atomic mass is 9.96. The summed E-state index contributed by atoms with van der Waals surface area (Å²) in [4.78, 5) is 0. The highest BCUT2D eigenvalue weighted by atomic mass is 19.3. The van der Waals surface area contributed by atoms with Gasteiger partial charge in [-0.05, 0) is 30.0 Å². The summed E-state index contributed by atoms with van der Waals surface area (Å²) in [5, 5.41) is 3.37. The molecule has 0 saturated heterocycles. The van der Waals surface area contributed by atoms with Crippen LogP contribution in [-0.2, 0) is 0 Å². The van der Waals surface area contributed by atoms with Crippen molar-refractivity contribution in [3.05, 3.63) is 29.8 Å². The first-order valence-corrected chi connectivity index (χ1v) is 6.31. The highest BCUT2D eigenvalue weighted by molar-refractivity contribution is 5.31. The molecule has 102 valence electrons. The molecular formula is C14H21F2NO. The molecule has 0 spiro atoms. The van der Waals surface area contributed by atoms with Crippen molar-refractivity contribution in [3.8, 4) is 5.75 Å². The summed E-state index contributed by atoms with van der Waals surface area (Å²) in [6.45, 7) is 4.33. The lowest BCUT2D eigenvalue weighted by Gasteiger charge is -2.18. The van der Waals surface area contributed by atoms with Crippen molar-refractivity contribution in [2.75, 3.05) is 6.54 Å². The van der Waals surface area contributed by atoms with E-state index in [1.54, 1.807) is 18.2 Å². The summed E-state index contributed by atoms with van der Waals surface area (Å²) in [6, 6.07) is 7.37. The van der Waals surface area contributed by atoms with Gasteiger partial charge >= 0.3 is 6.61 Å². The van der Waals surface area contributed by atoms with Gasteiger partial charge in [0.15, 0.2) is 0 Å². The predicted octanol–water partition coefficient (Wildman–Crippen LogP) is 3.78. The van der Waals surface area contributed by atoms with Crippen molar-refractivity contribution in [2.24, 2.45) is 0 Å². The smallest absolute Gasteiger partial charge is 0.387 e. The monoisotopic (exact) mass is 257 g/mol. The minimum atomic E-state index is -2.77. The number of nitrogens with one attached hydrogen (secondary N) is 1. The van der Waals surface area contributed by atoms with E-state index in [1.807, 2.05) is 6.07 Å². The average Bonchev–Trinajstić information content (AvgIpc) is 2.29. The maximum Gasteiger partial charge on any atom is 0.387 e. The van der Waals surface area contributed by atoms with Crippen molar-refractivity contribution < 1.29 is 13.5 Å². The third kappa shape index (κ3) is 5.00. The second-order valence-corrected chi connectivity index (χ2v) is 4.62. The fourth-order valence-electron chi connectivity index (χ4n) is 1.82. The highest BCUT2D eigenvalue weighted by Crippen LogP contribution is 2.24. The zero-order chi connectivity index (χ0) is 13.5. The molecule has 0 heterocycles. The van der Waals surface area contributed by atoms with Crippen molar-refractivity contribution in [1.29, 1.82) is 0 Å². The van der Waals surface area contributed by atoms with Gasteiger partial charge in [0.1, 0.15) is 5.75 Å². The van der Waals surface area contributed by atoms with E-state index in [0.29, 0.717) is 12.0 Å². The maximum absolute atomic E-state index is 12.2. The van der Waals surface area contributed by atoms with Crippen LogP contribution in [0.25, 0.3) is 0 Å². The van der Waals surface area contributed by atoms with Crippen LogP contribution in [0.5, 0.6) is 5.75 Å². The Bertz CT molecular complexity index is 355. The normalized spacial score (nSPS) is 13.1. The molecule has 4 heteroatoms. The largest absolute Gasteiger partial charge is 0.435 e. The van der Waals surface area contributed by atoms with E-state index >= 15 is 0 Å². The molecule has 0 amide bonds. The second-order valence-electron chi connectivity index (χ2n) is 4.62. The first-order valence-electron chi connectivity index (χ1n) is 6.31. The minimum absolute atomic E-state index is 0.227. The van der Waals surface area contributed by atoms with E-state index < -0.39 is 6.61 Å². The number of ether oxygens (including phenoxy) is 1. The summed E-state index contributed by atoms with van der Waals surface area (Å²) < 4.78 is 28.7. The van der Waals surface area contributed by atoms with E-state index in [-0.39, 0.29) is 5.75 Å². The summed E-state index contributed by atoms with van der Waals surface area (Å²) in [6.07, 6.45) is 0.956. The van der Waals surface area contributed by atoms with E-state index in [1.165, 1.54) is 0 Å². The van der Waals surface area contributed by atoms with Gasteiger partial charge in [0.25, 0.3) is 0 Å². The predicted molar refractivity (Wildman–Crippen MR) is 69.2 cm³/mol. The topological polar surface area (TPSA) is 21.3 Å². The Morgan fingerprint density at radius 2 is 2.00 bits per heavy atom. The molecule has 2 nitrogen and oxygen atoms in total. The third-order valence-electron chi connectivity index (χ3n) is 2.82. The lowest BCUT2D eigenvalue weighted by molar-refractivity contribution is -0.0498. The molecule has 0 bridgehead atoms. The van der Waals surface area contributed by atoms with Gasteiger partial charge < -0.3 is 10.1 Å². The fourth-order valence-corrected chi connectivity index (χ4v) is 1.82. The molecule has 1 aromatic rings. The SMILES string of the molecule is CCC(CNC(C)C)c1cccc(OC(F)F)c1. The molecule has 18 heavy (non-hydrogen) atoms. The maximum atomic E-state index is 12.2. The van der Waals surface area contributed by atoms with Crippen LogP contribution < -0.4 is 10.1 Å². The number of alkyl halides is 2. The van der Waals surface area contributed by atoms with Gasteiger partial charge in [-0.3, -0.25) is 0 Å². The molecule has 0 radical (unpaired) electrons. The lowest BCUT2D eigenvalue weighted by Crippen LogP contribution is -2.27. The van der Waals surface area contributed by atoms with Crippen molar-refractivity contribution >= 4 is 0 Å². The Morgan fingerprint density at radius 3 is 2.56 bits per heavy atom. The molecule has 0 aromatic heterocycles. The molecule has 0 aliphatic rings. The van der Waals surface area contributed by atoms with Gasteiger partial charge in [0, 0.05) is 12.6 Å². The Hall–Kier alpha value is -1.16. The molecule has 1 aromatic carbocycles. The zero-order valence-electron chi connectivity index (χ0n) is 11.1. The molecule has 1 N–H and O–H groups in total. The molecule has 1 unspecified atom stereocenters. The van der Waals surface area contributed by atoms with Gasteiger partial charge in [-0.1, -0.05) is 32.9 Å². The highest BCUT2D eigenvalue weighted by Gasteiger charge is 2.12. The van der Waals surface area contributed by atoms with Gasteiger partial charge in [0.05, 0.1) is 0 Å². The number of benzene rings is 1. The molecule has 1 rings (SSSR count). The number of halogens is 2. The Morgan fingerprint density at radius 1 is 1.28 bits per heavy atom. The van der Waals surface area contributed by atoms with Gasteiger partial charge in [-0.25, -0.2) is 0 Å². The van der Waals surface area contributed by atoms with Crippen molar-refractivity contribution in [2.45, 2.75) is 45.8 Å². The van der Waals surface area contributed by atoms with Gasteiger partial charge in [0.2, 0.25) is 0 Å². The van der Waals surface area contributed by atoms with E-state index in [0.717, 1.165) is 18.5 Å². The van der Waals surface area contributed by atoms with E-state index in [4.69, 9.17) is 0 Å². The molecule has 1 atom stereocenters. The first-order chi connectivity index (χ1) is 8.52. The van der Waals surface area contributed by atoms with Crippen LogP contribution in [-0.4, -0.2) is 19.2 Å². The average molecular weight is 257 g/mol. The number of rotatable bonds is 7. The van der Waals surface area contributed by atoms with Crippen LogP contribution in [0, 0.1) is 0 Å². The van der Waals surface area contributed by atoms with Crippen molar-refractivity contribution in [3.63, 3.8) is 0 Å². The quantitative estimate of drug-likeness (QED) is 0.802. The first kappa shape index (κ1) is 14.9. The molecule has 0 aliphatic carbocycles. The number of hydrogen-bond acceptors (Lipinski definition) is 2. The van der Waals surface area contributed by atoms with E-state index in [2.05, 4.69) is 30.8 Å². The molecule has 0 saturated carbocycles. The summed E-state index contributed by atoms with van der Waals surface area (Å²) in [5.41, 5.74) is 1.03. The van der Waals surface area contributed by atoms with Crippen LogP contribution in [0.1, 0.15) is 38.7 Å². The van der Waals surface area contributed by atoms with Gasteiger partial charge in [-0.2, -0.15) is 8.78 Å². The minimum Gasteiger partial charge on any atom is -0.435 e. The Balaban J connectivity index is 2.72. The van der Waals surface area contributed by atoms with Crippen molar-refractivity contribution in [1.82, 2.24) is 5.32 Å². The fraction of sp³-hybridized carbons (Fsp3) is 0.571. The molecule has 0 aliphatic heterocycles. The van der Waals surface area contributed by atoms with Crippen LogP contribution in [0.15, 0.2) is 24.3 Å². The van der Waals surface area contributed by atoms with Gasteiger partial charge in [-0.15, -0.1) is 0 Å². The second kappa shape index (κ2) is 7.31. The zero-order valence-corrected chi connectivity index (χ0v) is 11.1. The molecular weight excluding hydrogens is 236 g/mol. The Kier molecular flexibility index (Phi) is 6.05.